The van der Waals surface area contributed by atoms with E-state index in [9.17, 15) is 14.4 Å². The van der Waals surface area contributed by atoms with E-state index >= 15 is 0 Å². The highest BCUT2D eigenvalue weighted by atomic mass is 32.2. The minimum atomic E-state index is -0.381. The number of carbonyl (C=O) groups is 3. The van der Waals surface area contributed by atoms with Crippen molar-refractivity contribution < 1.29 is 23.9 Å². The Bertz CT molecular complexity index is 747. The molecule has 3 rings (SSSR count). The topological polar surface area (TPSA) is 88.2 Å². The van der Waals surface area contributed by atoms with Crippen molar-refractivity contribution >= 4 is 35.4 Å². The first kappa shape index (κ1) is 21.4. The number of rotatable bonds is 6. The van der Waals surface area contributed by atoms with Crippen LogP contribution in [0.25, 0.3) is 0 Å². The van der Waals surface area contributed by atoms with E-state index in [1.807, 2.05) is 4.90 Å². The van der Waals surface area contributed by atoms with Crippen LogP contribution in [0.4, 0.5) is 10.5 Å². The highest BCUT2D eigenvalue weighted by molar-refractivity contribution is 8.01. The second-order valence-electron chi connectivity index (χ2n) is 6.99. The molecule has 0 atom stereocenters. The van der Waals surface area contributed by atoms with E-state index in [2.05, 4.69) is 5.32 Å². The zero-order valence-electron chi connectivity index (χ0n) is 16.8. The van der Waals surface area contributed by atoms with Crippen molar-refractivity contribution in [2.75, 3.05) is 51.0 Å². The monoisotopic (exact) mass is 421 g/mol. The summed E-state index contributed by atoms with van der Waals surface area (Å²) in [6.45, 7) is 4.33. The van der Waals surface area contributed by atoms with Crippen molar-refractivity contribution in [1.29, 1.82) is 0 Å². The maximum absolute atomic E-state index is 12.6. The lowest BCUT2D eigenvalue weighted by Crippen LogP contribution is -2.54. The van der Waals surface area contributed by atoms with Gasteiger partial charge in [0.05, 0.1) is 29.4 Å². The molecule has 3 amide bonds. The van der Waals surface area contributed by atoms with E-state index in [4.69, 9.17) is 9.47 Å². The molecule has 2 aliphatic heterocycles. The van der Waals surface area contributed by atoms with Crippen molar-refractivity contribution in [2.24, 2.45) is 0 Å². The number of likely N-dealkylation sites (tertiary alicyclic amines) is 1. The molecule has 2 saturated heterocycles. The molecule has 1 aromatic rings. The number of urea groups is 1. The van der Waals surface area contributed by atoms with Crippen LogP contribution >= 0.6 is 11.8 Å². The molecule has 2 aliphatic rings. The second kappa shape index (κ2) is 9.49. The molecule has 1 aromatic carbocycles. The van der Waals surface area contributed by atoms with Gasteiger partial charge in [-0.2, -0.15) is 0 Å². The smallest absolute Gasteiger partial charge is 0.338 e. The minimum absolute atomic E-state index is 0.145. The number of ether oxygens (including phenoxy) is 2. The summed E-state index contributed by atoms with van der Waals surface area (Å²) in [7, 11) is 1.63. The van der Waals surface area contributed by atoms with Crippen LogP contribution in [0.3, 0.4) is 0 Å². The molecule has 2 fully saturated rings. The van der Waals surface area contributed by atoms with Gasteiger partial charge in [0.1, 0.15) is 0 Å². The Morgan fingerprint density at radius 1 is 1.21 bits per heavy atom. The Morgan fingerprint density at radius 2 is 1.90 bits per heavy atom. The van der Waals surface area contributed by atoms with Crippen LogP contribution in [0.5, 0.6) is 0 Å². The molecule has 0 saturated carbocycles. The molecule has 0 bridgehead atoms. The number of hydrogen-bond donors (Lipinski definition) is 1. The molecule has 9 heteroatoms. The van der Waals surface area contributed by atoms with Crippen LogP contribution in [0, 0.1) is 0 Å². The largest absolute Gasteiger partial charge is 0.462 e. The van der Waals surface area contributed by atoms with Gasteiger partial charge in [-0.25, -0.2) is 9.59 Å². The first-order chi connectivity index (χ1) is 14.0. The molecule has 2 heterocycles. The van der Waals surface area contributed by atoms with Gasteiger partial charge in [-0.3, -0.25) is 4.79 Å². The zero-order valence-corrected chi connectivity index (χ0v) is 17.6. The molecule has 0 aliphatic carbocycles. The number of benzene rings is 1. The third kappa shape index (κ3) is 4.84. The van der Waals surface area contributed by atoms with Gasteiger partial charge in [0.2, 0.25) is 5.91 Å². The number of esters is 1. The van der Waals surface area contributed by atoms with Gasteiger partial charge >= 0.3 is 12.0 Å². The maximum atomic E-state index is 12.6. The lowest BCUT2D eigenvalue weighted by molar-refractivity contribution is -0.131. The number of piperidine rings is 1. The van der Waals surface area contributed by atoms with Gasteiger partial charge in [0.15, 0.2) is 0 Å². The number of methoxy groups -OCH3 is 1. The average molecular weight is 422 g/mol. The summed E-state index contributed by atoms with van der Waals surface area (Å²) < 4.78 is 10.1. The third-order valence-electron chi connectivity index (χ3n) is 5.26. The van der Waals surface area contributed by atoms with Crippen molar-refractivity contribution in [1.82, 2.24) is 9.80 Å². The molecule has 29 heavy (non-hydrogen) atoms. The van der Waals surface area contributed by atoms with Gasteiger partial charge < -0.3 is 24.6 Å². The number of thioether (sulfide) groups is 1. The Hall–Kier alpha value is -2.26. The molecule has 158 valence electrons. The van der Waals surface area contributed by atoms with Gasteiger partial charge in [0, 0.05) is 32.4 Å². The maximum Gasteiger partial charge on any atom is 0.338 e. The second-order valence-corrected chi connectivity index (χ2v) is 8.33. The van der Waals surface area contributed by atoms with Crippen LogP contribution in [0.1, 0.15) is 30.1 Å². The van der Waals surface area contributed by atoms with Crippen molar-refractivity contribution in [3.63, 3.8) is 0 Å². The highest BCUT2D eigenvalue weighted by Gasteiger charge is 2.48. The Morgan fingerprint density at radius 3 is 2.52 bits per heavy atom. The molecular weight excluding hydrogens is 394 g/mol. The van der Waals surface area contributed by atoms with Crippen molar-refractivity contribution in [3.8, 4) is 0 Å². The summed E-state index contributed by atoms with van der Waals surface area (Å²) >= 11 is 1.68. The van der Waals surface area contributed by atoms with Crippen molar-refractivity contribution in [2.45, 2.75) is 24.6 Å². The van der Waals surface area contributed by atoms with E-state index in [1.165, 1.54) is 0 Å². The minimum Gasteiger partial charge on any atom is -0.462 e. The molecule has 1 spiro atoms. The quantitative estimate of drug-likeness (QED) is 0.710. The average Bonchev–Trinajstić information content (AvgIpc) is 3.02. The molecule has 1 N–H and O–H groups in total. The molecular formula is C20H27N3O5S. The molecule has 0 aromatic heterocycles. The van der Waals surface area contributed by atoms with E-state index in [-0.39, 0.29) is 22.8 Å². The number of amides is 3. The van der Waals surface area contributed by atoms with E-state index in [0.29, 0.717) is 49.9 Å². The number of anilines is 1. The van der Waals surface area contributed by atoms with E-state index < -0.39 is 0 Å². The number of hydrogen-bond acceptors (Lipinski definition) is 6. The van der Waals surface area contributed by atoms with Crippen LogP contribution in [-0.4, -0.2) is 78.3 Å². The SMILES string of the molecule is CCOC(=O)c1ccc(NC(=O)N2CCC3(CC2)SCC(=O)N3CCOC)cc1. The Labute approximate surface area is 174 Å². The van der Waals surface area contributed by atoms with Crippen molar-refractivity contribution in [3.05, 3.63) is 29.8 Å². The summed E-state index contributed by atoms with van der Waals surface area (Å²) in [5.41, 5.74) is 1.07. The number of nitrogens with zero attached hydrogens (tertiary/aromatic N) is 2. The van der Waals surface area contributed by atoms with Gasteiger partial charge in [-0.1, -0.05) is 0 Å². The lowest BCUT2D eigenvalue weighted by Gasteiger charge is -2.43. The lowest BCUT2D eigenvalue weighted by atomic mass is 10.0. The fraction of sp³-hybridized carbons (Fsp3) is 0.550. The predicted octanol–water partition coefficient (Wildman–Crippen LogP) is 2.41. The summed E-state index contributed by atoms with van der Waals surface area (Å²) in [4.78, 5) is 40.0. The fourth-order valence-electron chi connectivity index (χ4n) is 3.67. The van der Waals surface area contributed by atoms with Gasteiger partial charge in [-0.15, -0.1) is 11.8 Å². The van der Waals surface area contributed by atoms with Crippen LogP contribution < -0.4 is 5.32 Å². The highest BCUT2D eigenvalue weighted by Crippen LogP contribution is 2.44. The molecule has 0 unspecified atom stereocenters. The van der Waals surface area contributed by atoms with Crippen LogP contribution in [-0.2, 0) is 14.3 Å². The standard InChI is InChI=1S/C20H27N3O5S/c1-3-28-18(25)15-4-6-16(7-5-15)21-19(26)22-10-8-20(9-11-22)23(12-13-27-2)17(24)14-29-20/h4-7H,3,8-14H2,1-2H3,(H,21,26). The number of nitrogens with one attached hydrogen (secondary N) is 1. The zero-order chi connectivity index (χ0) is 20.9. The van der Waals surface area contributed by atoms with E-state index in [0.717, 1.165) is 12.8 Å². The predicted molar refractivity (Wildman–Crippen MR) is 111 cm³/mol. The summed E-state index contributed by atoms with van der Waals surface area (Å²) in [5, 5.41) is 2.87. The molecule has 0 radical (unpaired) electrons. The molecule has 8 nitrogen and oxygen atoms in total. The van der Waals surface area contributed by atoms with Crippen LogP contribution in [0.15, 0.2) is 24.3 Å². The summed E-state index contributed by atoms with van der Waals surface area (Å²) in [5.74, 6) is 0.253. The fourth-order valence-corrected chi connectivity index (χ4v) is 5.04. The normalized spacial score (nSPS) is 18.2. The Kier molecular flexibility index (Phi) is 7.02. The summed E-state index contributed by atoms with van der Waals surface area (Å²) in [6.07, 6.45) is 1.48. The first-order valence-corrected chi connectivity index (χ1v) is 10.7. The van der Waals surface area contributed by atoms with Gasteiger partial charge in [-0.05, 0) is 44.0 Å². The third-order valence-corrected chi connectivity index (χ3v) is 6.81. The number of carbonyl (C=O) groups excluding carboxylic acids is 3. The summed E-state index contributed by atoms with van der Waals surface area (Å²) in [6, 6.07) is 6.46. The van der Waals surface area contributed by atoms with E-state index in [1.54, 1.807) is 55.0 Å². The Balaban J connectivity index is 1.55. The first-order valence-electron chi connectivity index (χ1n) is 9.75. The van der Waals surface area contributed by atoms with Gasteiger partial charge in [0.25, 0.3) is 0 Å². The van der Waals surface area contributed by atoms with Crippen LogP contribution in [0.2, 0.25) is 0 Å².